The Morgan fingerprint density at radius 1 is 1.10 bits per heavy atom. The van der Waals surface area contributed by atoms with Crippen molar-refractivity contribution in [3.05, 3.63) is 52.0 Å². The Bertz CT molecular complexity index is 622. The molecule has 0 saturated carbocycles. The van der Waals surface area contributed by atoms with Gasteiger partial charge in [0.15, 0.2) is 11.5 Å². The summed E-state index contributed by atoms with van der Waals surface area (Å²) in [6.45, 7) is 4.53. The van der Waals surface area contributed by atoms with Crippen LogP contribution in [-0.2, 0) is 0 Å². The largest absolute Gasteiger partial charge is 0.454 e. The van der Waals surface area contributed by atoms with Gasteiger partial charge in [0.05, 0.1) is 0 Å². The summed E-state index contributed by atoms with van der Waals surface area (Å²) in [5.41, 5.74) is 3.49. The second-order valence-corrected chi connectivity index (χ2v) is 5.91. The van der Waals surface area contributed by atoms with E-state index in [1.165, 1.54) is 11.1 Å². The second-order valence-electron chi connectivity index (χ2n) is 5.00. The lowest BCUT2D eigenvalue weighted by atomic mass is 10.1. The number of nitrogens with one attached hydrogen (secondary N) is 1. The van der Waals surface area contributed by atoms with Gasteiger partial charge in [-0.25, -0.2) is 0 Å². The Morgan fingerprint density at radius 3 is 2.70 bits per heavy atom. The number of benzene rings is 2. The van der Waals surface area contributed by atoms with Gasteiger partial charge in [-0.2, -0.15) is 0 Å². The molecule has 2 aromatic rings. The van der Waals surface area contributed by atoms with Crippen LogP contribution in [0.15, 0.2) is 40.9 Å². The predicted octanol–water partition coefficient (Wildman–Crippen LogP) is 4.66. The topological polar surface area (TPSA) is 30.5 Å². The fourth-order valence-electron chi connectivity index (χ4n) is 2.34. The molecule has 1 unspecified atom stereocenters. The smallest absolute Gasteiger partial charge is 0.231 e. The zero-order valence-electron chi connectivity index (χ0n) is 11.4. The second kappa shape index (κ2) is 5.37. The van der Waals surface area contributed by atoms with Crippen molar-refractivity contribution in [2.45, 2.75) is 19.9 Å². The van der Waals surface area contributed by atoms with Crippen molar-refractivity contribution in [1.29, 1.82) is 0 Å². The van der Waals surface area contributed by atoms with Crippen molar-refractivity contribution >= 4 is 21.6 Å². The molecule has 104 valence electrons. The summed E-state index contributed by atoms with van der Waals surface area (Å²) >= 11 is 3.52. The molecule has 20 heavy (non-hydrogen) atoms. The van der Waals surface area contributed by atoms with Crippen LogP contribution in [0, 0.1) is 6.92 Å². The Labute approximate surface area is 127 Å². The molecule has 1 aliphatic heterocycles. The van der Waals surface area contributed by atoms with Crippen LogP contribution in [0.5, 0.6) is 11.5 Å². The van der Waals surface area contributed by atoms with Crippen molar-refractivity contribution in [3.8, 4) is 11.5 Å². The van der Waals surface area contributed by atoms with Crippen LogP contribution in [-0.4, -0.2) is 6.79 Å². The molecule has 0 spiro atoms. The van der Waals surface area contributed by atoms with Gasteiger partial charge in [0.1, 0.15) is 0 Å². The van der Waals surface area contributed by atoms with E-state index in [0.29, 0.717) is 6.79 Å². The molecule has 1 heterocycles. The summed E-state index contributed by atoms with van der Waals surface area (Å²) in [6.07, 6.45) is 0. The van der Waals surface area contributed by atoms with Crippen molar-refractivity contribution in [2.24, 2.45) is 0 Å². The molecule has 4 heteroatoms. The highest BCUT2D eigenvalue weighted by molar-refractivity contribution is 9.10. The molecular weight excluding hydrogens is 318 g/mol. The fraction of sp³-hybridized carbons (Fsp3) is 0.250. The number of hydrogen-bond donors (Lipinski definition) is 1. The maximum absolute atomic E-state index is 5.42. The Morgan fingerprint density at radius 2 is 1.90 bits per heavy atom. The minimum atomic E-state index is 0.193. The highest BCUT2D eigenvalue weighted by Crippen LogP contribution is 2.35. The lowest BCUT2D eigenvalue weighted by molar-refractivity contribution is 0.174. The molecular formula is C16H16BrNO2. The van der Waals surface area contributed by atoms with Crippen molar-refractivity contribution in [2.75, 3.05) is 12.1 Å². The molecule has 3 rings (SSSR count). The third kappa shape index (κ3) is 2.75. The Hall–Kier alpha value is -1.68. The standard InChI is InChI=1S/C16H16BrNO2/c1-10-5-13(17)8-14(6-10)18-11(2)12-3-4-15-16(7-12)20-9-19-15/h3-8,11,18H,9H2,1-2H3. The molecule has 1 atom stereocenters. The van der Waals surface area contributed by atoms with E-state index in [2.05, 4.69) is 59.4 Å². The molecule has 0 fully saturated rings. The molecule has 0 aliphatic carbocycles. The quantitative estimate of drug-likeness (QED) is 0.886. The maximum Gasteiger partial charge on any atom is 0.231 e. The van der Waals surface area contributed by atoms with Gasteiger partial charge in [-0.1, -0.05) is 22.0 Å². The molecule has 0 radical (unpaired) electrons. The first-order chi connectivity index (χ1) is 9.61. The van der Waals surface area contributed by atoms with E-state index in [0.717, 1.165) is 21.7 Å². The number of aryl methyl sites for hydroxylation is 1. The van der Waals surface area contributed by atoms with Crippen LogP contribution >= 0.6 is 15.9 Å². The molecule has 1 aliphatic rings. The van der Waals surface area contributed by atoms with Gasteiger partial charge in [-0.05, 0) is 55.3 Å². The molecule has 0 amide bonds. The molecule has 3 nitrogen and oxygen atoms in total. The first-order valence-corrected chi connectivity index (χ1v) is 7.34. The van der Waals surface area contributed by atoms with Crippen molar-refractivity contribution < 1.29 is 9.47 Å². The van der Waals surface area contributed by atoms with Crippen molar-refractivity contribution in [3.63, 3.8) is 0 Å². The molecule has 0 saturated heterocycles. The van der Waals surface area contributed by atoms with Crippen LogP contribution in [0.2, 0.25) is 0 Å². The van der Waals surface area contributed by atoms with E-state index >= 15 is 0 Å². The van der Waals surface area contributed by atoms with E-state index in [-0.39, 0.29) is 6.04 Å². The van der Waals surface area contributed by atoms with Crippen LogP contribution < -0.4 is 14.8 Å². The average molecular weight is 334 g/mol. The summed E-state index contributed by atoms with van der Waals surface area (Å²) in [7, 11) is 0. The summed E-state index contributed by atoms with van der Waals surface area (Å²) in [5.74, 6) is 1.64. The normalized spacial score (nSPS) is 14.2. The lowest BCUT2D eigenvalue weighted by Gasteiger charge is -2.17. The molecule has 0 bridgehead atoms. The minimum Gasteiger partial charge on any atom is -0.454 e. The van der Waals surface area contributed by atoms with Gasteiger partial charge in [0.25, 0.3) is 0 Å². The number of halogens is 1. The van der Waals surface area contributed by atoms with Crippen LogP contribution in [0.1, 0.15) is 24.1 Å². The minimum absolute atomic E-state index is 0.193. The Kier molecular flexibility index (Phi) is 3.57. The number of anilines is 1. The summed E-state index contributed by atoms with van der Waals surface area (Å²) in [4.78, 5) is 0. The zero-order valence-corrected chi connectivity index (χ0v) is 13.0. The highest BCUT2D eigenvalue weighted by Gasteiger charge is 2.15. The van der Waals surface area contributed by atoms with Gasteiger partial charge in [-0.15, -0.1) is 0 Å². The number of ether oxygens (including phenoxy) is 2. The van der Waals surface area contributed by atoms with E-state index in [1.807, 2.05) is 12.1 Å². The third-order valence-corrected chi connectivity index (χ3v) is 3.78. The van der Waals surface area contributed by atoms with Gasteiger partial charge in [0, 0.05) is 16.2 Å². The Balaban J connectivity index is 1.80. The first-order valence-electron chi connectivity index (χ1n) is 6.55. The lowest BCUT2D eigenvalue weighted by Crippen LogP contribution is -2.06. The average Bonchev–Trinajstić information content (AvgIpc) is 2.84. The number of rotatable bonds is 3. The fourth-order valence-corrected chi connectivity index (χ4v) is 2.94. The van der Waals surface area contributed by atoms with Gasteiger partial charge in [0.2, 0.25) is 6.79 Å². The van der Waals surface area contributed by atoms with Gasteiger partial charge >= 0.3 is 0 Å². The first kappa shape index (κ1) is 13.3. The van der Waals surface area contributed by atoms with E-state index < -0.39 is 0 Å². The number of hydrogen-bond acceptors (Lipinski definition) is 3. The van der Waals surface area contributed by atoms with Crippen LogP contribution in [0.25, 0.3) is 0 Å². The number of fused-ring (bicyclic) bond motifs is 1. The predicted molar refractivity (Wildman–Crippen MR) is 83.5 cm³/mol. The van der Waals surface area contributed by atoms with E-state index in [4.69, 9.17) is 9.47 Å². The third-order valence-electron chi connectivity index (χ3n) is 3.32. The molecule has 1 N–H and O–H groups in total. The SMILES string of the molecule is Cc1cc(Br)cc(NC(C)c2ccc3c(c2)OCO3)c1. The highest BCUT2D eigenvalue weighted by atomic mass is 79.9. The van der Waals surface area contributed by atoms with Crippen molar-refractivity contribution in [1.82, 2.24) is 0 Å². The monoisotopic (exact) mass is 333 g/mol. The zero-order chi connectivity index (χ0) is 14.1. The van der Waals surface area contributed by atoms with E-state index in [1.54, 1.807) is 0 Å². The van der Waals surface area contributed by atoms with Crippen LogP contribution in [0.4, 0.5) is 5.69 Å². The molecule has 0 aromatic heterocycles. The van der Waals surface area contributed by atoms with Gasteiger partial charge < -0.3 is 14.8 Å². The maximum atomic E-state index is 5.42. The summed E-state index contributed by atoms with van der Waals surface area (Å²) in [5, 5.41) is 3.50. The molecule has 2 aromatic carbocycles. The van der Waals surface area contributed by atoms with Gasteiger partial charge in [-0.3, -0.25) is 0 Å². The summed E-state index contributed by atoms with van der Waals surface area (Å²) < 4.78 is 11.8. The van der Waals surface area contributed by atoms with E-state index in [9.17, 15) is 0 Å². The van der Waals surface area contributed by atoms with Crippen LogP contribution in [0.3, 0.4) is 0 Å². The summed E-state index contributed by atoms with van der Waals surface area (Å²) in [6, 6.07) is 12.6.